The van der Waals surface area contributed by atoms with Crippen molar-refractivity contribution in [3.63, 3.8) is 0 Å². The lowest BCUT2D eigenvalue weighted by Gasteiger charge is -2.12. The Morgan fingerprint density at radius 3 is 2.65 bits per heavy atom. The number of carbonyl (C=O) groups excluding carboxylic acids is 1. The van der Waals surface area contributed by atoms with Crippen LogP contribution in [0.1, 0.15) is 26.6 Å². The maximum atomic E-state index is 12.0. The van der Waals surface area contributed by atoms with E-state index in [1.54, 1.807) is 6.07 Å². The molecule has 0 amide bonds. The number of rotatable bonds is 10. The molecule has 3 aromatic rings. The molecule has 2 aromatic carbocycles. The van der Waals surface area contributed by atoms with Crippen LogP contribution in [0.25, 0.3) is 5.69 Å². The van der Waals surface area contributed by atoms with Gasteiger partial charge in [0.1, 0.15) is 5.75 Å². The Labute approximate surface area is 191 Å². The van der Waals surface area contributed by atoms with Crippen LogP contribution < -0.4 is 10.1 Å². The standard InChI is InChI=1S/C22H25ClN4O3S/c1-4-29-19-10-8-17(9-11-19)24-13-20-25-26-22(31-14-21(28)30-15(2)3)27(20)18-7-5-6-16(23)12-18/h5-12,15,24H,4,13-14H2,1-3H3. The van der Waals surface area contributed by atoms with Crippen molar-refractivity contribution in [1.29, 1.82) is 0 Å². The Morgan fingerprint density at radius 2 is 1.97 bits per heavy atom. The summed E-state index contributed by atoms with van der Waals surface area (Å²) in [6, 6.07) is 15.1. The normalized spacial score (nSPS) is 10.9. The van der Waals surface area contributed by atoms with Crippen molar-refractivity contribution in [2.45, 2.75) is 38.6 Å². The Hall–Kier alpha value is -2.71. The zero-order chi connectivity index (χ0) is 22.2. The number of esters is 1. The summed E-state index contributed by atoms with van der Waals surface area (Å²) >= 11 is 7.48. The maximum absolute atomic E-state index is 12.0. The van der Waals surface area contributed by atoms with Crippen molar-refractivity contribution < 1.29 is 14.3 Å². The highest BCUT2D eigenvalue weighted by Gasteiger charge is 2.17. The molecule has 9 heteroatoms. The number of nitrogens with one attached hydrogen (secondary N) is 1. The molecule has 164 valence electrons. The quantitative estimate of drug-likeness (QED) is 0.338. The van der Waals surface area contributed by atoms with E-state index < -0.39 is 0 Å². The molecular weight excluding hydrogens is 436 g/mol. The van der Waals surface area contributed by atoms with Crippen molar-refractivity contribution in [3.05, 3.63) is 59.4 Å². The lowest BCUT2D eigenvalue weighted by Crippen LogP contribution is -2.14. The smallest absolute Gasteiger partial charge is 0.316 e. The third kappa shape index (κ3) is 6.63. The first-order valence-electron chi connectivity index (χ1n) is 9.95. The summed E-state index contributed by atoms with van der Waals surface area (Å²) in [6.07, 6.45) is -0.159. The van der Waals surface area contributed by atoms with Gasteiger partial charge in [0.05, 0.1) is 30.7 Å². The Morgan fingerprint density at radius 1 is 1.19 bits per heavy atom. The first kappa shape index (κ1) is 23.0. The number of ether oxygens (including phenoxy) is 2. The van der Waals surface area contributed by atoms with Crippen LogP contribution in [-0.4, -0.2) is 39.2 Å². The molecule has 3 rings (SSSR count). The number of carbonyl (C=O) groups is 1. The van der Waals surface area contributed by atoms with Gasteiger partial charge in [0, 0.05) is 10.7 Å². The zero-order valence-electron chi connectivity index (χ0n) is 17.7. The number of benzene rings is 2. The van der Waals surface area contributed by atoms with E-state index >= 15 is 0 Å². The zero-order valence-corrected chi connectivity index (χ0v) is 19.2. The lowest BCUT2D eigenvalue weighted by molar-refractivity contribution is -0.144. The largest absolute Gasteiger partial charge is 0.494 e. The van der Waals surface area contributed by atoms with E-state index in [0.717, 1.165) is 17.1 Å². The minimum Gasteiger partial charge on any atom is -0.494 e. The molecule has 1 heterocycles. The van der Waals surface area contributed by atoms with Crippen LogP contribution in [0, 0.1) is 0 Å². The van der Waals surface area contributed by atoms with Gasteiger partial charge in [-0.15, -0.1) is 10.2 Å². The van der Waals surface area contributed by atoms with E-state index in [9.17, 15) is 4.79 Å². The van der Waals surface area contributed by atoms with Gasteiger partial charge in [0.15, 0.2) is 11.0 Å². The monoisotopic (exact) mass is 460 g/mol. The highest BCUT2D eigenvalue weighted by Crippen LogP contribution is 2.25. The van der Waals surface area contributed by atoms with Crippen LogP contribution in [0.4, 0.5) is 5.69 Å². The Kier molecular flexibility index (Phi) is 8.20. The number of anilines is 1. The van der Waals surface area contributed by atoms with Crippen molar-refractivity contribution in [2.24, 2.45) is 0 Å². The van der Waals surface area contributed by atoms with Crippen molar-refractivity contribution >= 4 is 35.0 Å². The van der Waals surface area contributed by atoms with E-state index in [1.807, 2.05) is 67.8 Å². The summed E-state index contributed by atoms with van der Waals surface area (Å²) in [6.45, 7) is 6.65. The SMILES string of the molecule is CCOc1ccc(NCc2nnc(SCC(=O)OC(C)C)n2-c2cccc(Cl)c2)cc1. The number of nitrogens with zero attached hydrogens (tertiary/aromatic N) is 3. The molecule has 7 nitrogen and oxygen atoms in total. The second-order valence-corrected chi connectivity index (χ2v) is 8.23. The van der Waals surface area contributed by atoms with Gasteiger partial charge in [-0.25, -0.2) is 0 Å². The topological polar surface area (TPSA) is 78.3 Å². The summed E-state index contributed by atoms with van der Waals surface area (Å²) < 4.78 is 12.6. The van der Waals surface area contributed by atoms with Gasteiger partial charge >= 0.3 is 5.97 Å². The highest BCUT2D eigenvalue weighted by molar-refractivity contribution is 7.99. The average Bonchev–Trinajstić information content (AvgIpc) is 3.14. The van der Waals surface area contributed by atoms with Crippen LogP contribution in [0.5, 0.6) is 5.75 Å². The fourth-order valence-corrected chi connectivity index (χ4v) is 3.76. The molecule has 31 heavy (non-hydrogen) atoms. The van der Waals surface area contributed by atoms with Crippen LogP contribution in [0.15, 0.2) is 53.7 Å². The van der Waals surface area contributed by atoms with Gasteiger partial charge in [0.25, 0.3) is 0 Å². The molecule has 0 atom stereocenters. The molecular formula is C22H25ClN4O3S. The third-order valence-corrected chi connectivity index (χ3v) is 5.21. The fourth-order valence-electron chi connectivity index (χ4n) is 2.82. The average molecular weight is 461 g/mol. The summed E-state index contributed by atoms with van der Waals surface area (Å²) in [5, 5.41) is 13.2. The number of hydrogen-bond acceptors (Lipinski definition) is 7. The maximum Gasteiger partial charge on any atom is 0.316 e. The number of halogens is 1. The Bertz CT molecular complexity index is 1010. The molecule has 0 aliphatic carbocycles. The van der Waals surface area contributed by atoms with E-state index in [1.165, 1.54) is 11.8 Å². The number of thioether (sulfide) groups is 1. The van der Waals surface area contributed by atoms with E-state index in [-0.39, 0.29) is 17.8 Å². The molecule has 0 saturated heterocycles. The molecule has 0 saturated carbocycles. The lowest BCUT2D eigenvalue weighted by atomic mass is 10.3. The second kappa shape index (κ2) is 11.1. The fraction of sp³-hybridized carbons (Fsp3) is 0.318. The van der Waals surface area contributed by atoms with Crippen molar-refractivity contribution in [3.8, 4) is 11.4 Å². The van der Waals surface area contributed by atoms with Gasteiger partial charge < -0.3 is 14.8 Å². The van der Waals surface area contributed by atoms with Crippen molar-refractivity contribution in [2.75, 3.05) is 17.7 Å². The first-order valence-corrected chi connectivity index (χ1v) is 11.3. The number of aromatic nitrogens is 3. The van der Waals surface area contributed by atoms with Crippen LogP contribution >= 0.6 is 23.4 Å². The highest BCUT2D eigenvalue weighted by atomic mass is 35.5. The van der Waals surface area contributed by atoms with E-state index in [0.29, 0.717) is 29.2 Å². The van der Waals surface area contributed by atoms with Gasteiger partial charge in [0.2, 0.25) is 0 Å². The van der Waals surface area contributed by atoms with Gasteiger partial charge in [-0.05, 0) is 63.2 Å². The molecule has 1 aromatic heterocycles. The number of hydrogen-bond donors (Lipinski definition) is 1. The summed E-state index contributed by atoms with van der Waals surface area (Å²) in [4.78, 5) is 12.0. The summed E-state index contributed by atoms with van der Waals surface area (Å²) in [7, 11) is 0. The minimum atomic E-state index is -0.297. The van der Waals surface area contributed by atoms with Crippen LogP contribution in [0.3, 0.4) is 0 Å². The van der Waals surface area contributed by atoms with E-state index in [2.05, 4.69) is 15.5 Å². The summed E-state index contributed by atoms with van der Waals surface area (Å²) in [5.41, 5.74) is 1.75. The molecule has 0 spiro atoms. The molecule has 0 aliphatic heterocycles. The minimum absolute atomic E-state index is 0.142. The molecule has 0 bridgehead atoms. The van der Waals surface area contributed by atoms with Gasteiger partial charge in [-0.1, -0.05) is 29.4 Å². The van der Waals surface area contributed by atoms with Crippen LogP contribution in [-0.2, 0) is 16.1 Å². The van der Waals surface area contributed by atoms with Gasteiger partial charge in [-0.3, -0.25) is 9.36 Å². The third-order valence-electron chi connectivity index (χ3n) is 4.07. The van der Waals surface area contributed by atoms with Crippen molar-refractivity contribution in [1.82, 2.24) is 14.8 Å². The molecule has 0 aliphatic rings. The molecule has 0 radical (unpaired) electrons. The van der Waals surface area contributed by atoms with E-state index in [4.69, 9.17) is 21.1 Å². The van der Waals surface area contributed by atoms with Crippen LogP contribution in [0.2, 0.25) is 5.02 Å². The predicted molar refractivity (Wildman–Crippen MR) is 123 cm³/mol. The molecule has 0 unspecified atom stereocenters. The predicted octanol–water partition coefficient (Wildman–Crippen LogP) is 4.98. The molecule has 1 N–H and O–H groups in total. The Balaban J connectivity index is 1.79. The summed E-state index contributed by atoms with van der Waals surface area (Å²) in [5.74, 6) is 1.36. The molecule has 0 fully saturated rings. The first-order chi connectivity index (χ1) is 15.0. The van der Waals surface area contributed by atoms with Gasteiger partial charge in [-0.2, -0.15) is 0 Å². The second-order valence-electron chi connectivity index (χ2n) is 6.85.